The van der Waals surface area contributed by atoms with E-state index in [0.717, 1.165) is 24.1 Å². The van der Waals surface area contributed by atoms with Gasteiger partial charge in [0.05, 0.1) is 19.3 Å². The van der Waals surface area contributed by atoms with Crippen molar-refractivity contribution in [2.45, 2.75) is 38.3 Å². The highest BCUT2D eigenvalue weighted by atomic mass is 35.5. The minimum Gasteiger partial charge on any atom is -0.461 e. The Morgan fingerprint density at radius 1 is 1.48 bits per heavy atom. The fraction of sp³-hybridized carbons (Fsp3) is 0.412. The lowest BCUT2D eigenvalue weighted by Crippen LogP contribution is -2.13. The Kier molecular flexibility index (Phi) is 4.68. The van der Waals surface area contributed by atoms with E-state index in [4.69, 9.17) is 16.3 Å². The lowest BCUT2D eigenvalue weighted by atomic mass is 10.1. The van der Waals surface area contributed by atoms with Crippen LogP contribution in [-0.4, -0.2) is 27.5 Å². The summed E-state index contributed by atoms with van der Waals surface area (Å²) >= 11 is 5.97. The molecule has 6 heteroatoms. The van der Waals surface area contributed by atoms with Crippen molar-refractivity contribution in [1.29, 1.82) is 0 Å². The fourth-order valence-corrected chi connectivity index (χ4v) is 2.77. The molecule has 1 unspecified atom stereocenters. The van der Waals surface area contributed by atoms with Gasteiger partial charge in [0.1, 0.15) is 0 Å². The van der Waals surface area contributed by atoms with Gasteiger partial charge >= 0.3 is 5.97 Å². The van der Waals surface area contributed by atoms with E-state index < -0.39 is 12.1 Å². The van der Waals surface area contributed by atoms with E-state index in [0.29, 0.717) is 23.2 Å². The Hall–Kier alpha value is -1.85. The number of aliphatic hydroxyl groups excluding tert-OH is 1. The van der Waals surface area contributed by atoms with Crippen LogP contribution in [0.25, 0.3) is 0 Å². The molecule has 1 N–H and O–H groups in total. The minimum atomic E-state index is -0.735. The number of ether oxygens (including phenoxy) is 1. The summed E-state index contributed by atoms with van der Waals surface area (Å²) < 4.78 is 6.72. The molecule has 0 spiro atoms. The maximum atomic E-state index is 11.9. The van der Waals surface area contributed by atoms with E-state index in [1.54, 1.807) is 35.9 Å². The number of hydrogen-bond donors (Lipinski definition) is 1. The zero-order valence-corrected chi connectivity index (χ0v) is 13.7. The number of aromatic nitrogens is 2. The van der Waals surface area contributed by atoms with E-state index in [1.165, 1.54) is 0 Å². The van der Waals surface area contributed by atoms with Crippen molar-refractivity contribution >= 4 is 17.6 Å². The molecule has 1 aromatic heterocycles. The largest absolute Gasteiger partial charge is 0.461 e. The van der Waals surface area contributed by atoms with Gasteiger partial charge in [-0.3, -0.25) is 4.68 Å². The zero-order chi connectivity index (χ0) is 16.4. The molecule has 1 saturated carbocycles. The average Bonchev–Trinajstić information content (AvgIpc) is 3.28. The molecule has 23 heavy (non-hydrogen) atoms. The first kappa shape index (κ1) is 16.0. The van der Waals surface area contributed by atoms with Crippen LogP contribution >= 0.6 is 11.6 Å². The third-order valence-corrected chi connectivity index (χ3v) is 4.11. The van der Waals surface area contributed by atoms with Crippen molar-refractivity contribution in [3.63, 3.8) is 0 Å². The molecule has 0 aliphatic heterocycles. The van der Waals surface area contributed by atoms with Crippen LogP contribution in [0.2, 0.25) is 5.02 Å². The maximum Gasteiger partial charge on any atom is 0.358 e. The van der Waals surface area contributed by atoms with E-state index in [9.17, 15) is 9.90 Å². The molecule has 1 heterocycles. The Morgan fingerprint density at radius 2 is 2.26 bits per heavy atom. The van der Waals surface area contributed by atoms with Gasteiger partial charge in [-0.2, -0.15) is 5.10 Å². The second-order valence-electron chi connectivity index (χ2n) is 5.70. The molecule has 0 bridgehead atoms. The van der Waals surface area contributed by atoms with Gasteiger partial charge in [-0.05, 0) is 43.5 Å². The quantitative estimate of drug-likeness (QED) is 0.823. The lowest BCUT2D eigenvalue weighted by molar-refractivity contribution is 0.0517. The summed E-state index contributed by atoms with van der Waals surface area (Å²) in [6.45, 7) is 2.36. The Morgan fingerprint density at radius 3 is 2.91 bits per heavy atom. The van der Waals surface area contributed by atoms with Crippen LogP contribution in [0, 0.1) is 0 Å². The molecular formula is C17H19ClN2O3. The summed E-state index contributed by atoms with van der Waals surface area (Å²) in [7, 11) is 0. The van der Waals surface area contributed by atoms with Crippen molar-refractivity contribution in [2.24, 2.45) is 0 Å². The second kappa shape index (κ2) is 6.72. The molecule has 3 rings (SSSR count). The second-order valence-corrected chi connectivity index (χ2v) is 6.14. The van der Waals surface area contributed by atoms with E-state index in [-0.39, 0.29) is 6.54 Å². The third kappa shape index (κ3) is 3.74. The molecule has 1 atom stereocenters. The molecule has 0 amide bonds. The van der Waals surface area contributed by atoms with Crippen molar-refractivity contribution < 1.29 is 14.6 Å². The number of carbonyl (C=O) groups excluding carboxylic acids is 1. The van der Waals surface area contributed by atoms with Crippen molar-refractivity contribution in [3.8, 4) is 0 Å². The molecule has 0 saturated heterocycles. The van der Waals surface area contributed by atoms with Crippen LogP contribution in [0.1, 0.15) is 53.5 Å². The van der Waals surface area contributed by atoms with Crippen LogP contribution in [0.5, 0.6) is 0 Å². The van der Waals surface area contributed by atoms with E-state index in [1.807, 2.05) is 6.07 Å². The average molecular weight is 335 g/mol. The molecule has 1 aliphatic rings. The standard InChI is InChI=1S/C17H19ClN2O3/c1-2-23-17(22)14-9-15(11-6-7-11)20(19-14)10-16(21)12-4-3-5-13(18)8-12/h3-5,8-9,11,16,21H,2,6-7,10H2,1H3. The van der Waals surface area contributed by atoms with Crippen LogP contribution in [0.4, 0.5) is 0 Å². The highest BCUT2D eigenvalue weighted by Crippen LogP contribution is 2.40. The lowest BCUT2D eigenvalue weighted by Gasteiger charge is -2.13. The molecule has 1 fully saturated rings. The highest BCUT2D eigenvalue weighted by Gasteiger charge is 2.30. The Labute approximate surface area is 139 Å². The summed E-state index contributed by atoms with van der Waals surface area (Å²) in [5.74, 6) is -0.0115. The van der Waals surface area contributed by atoms with E-state index in [2.05, 4.69) is 5.10 Å². The first-order valence-electron chi connectivity index (χ1n) is 7.77. The van der Waals surface area contributed by atoms with Crippen LogP contribution < -0.4 is 0 Å². The summed E-state index contributed by atoms with van der Waals surface area (Å²) in [5.41, 5.74) is 2.01. The topological polar surface area (TPSA) is 64.3 Å². The van der Waals surface area contributed by atoms with Crippen molar-refractivity contribution in [2.75, 3.05) is 6.61 Å². The summed E-state index contributed by atoms with van der Waals surface area (Å²) in [6.07, 6.45) is 1.43. The third-order valence-electron chi connectivity index (χ3n) is 3.87. The Balaban J connectivity index is 1.82. The fourth-order valence-electron chi connectivity index (χ4n) is 2.57. The van der Waals surface area contributed by atoms with Gasteiger partial charge < -0.3 is 9.84 Å². The van der Waals surface area contributed by atoms with E-state index >= 15 is 0 Å². The van der Waals surface area contributed by atoms with Gasteiger partial charge in [-0.1, -0.05) is 23.7 Å². The molecule has 1 aromatic carbocycles. The van der Waals surface area contributed by atoms with Crippen LogP contribution in [-0.2, 0) is 11.3 Å². The maximum absolute atomic E-state index is 11.9. The number of nitrogens with zero attached hydrogens (tertiary/aromatic N) is 2. The number of esters is 1. The number of carbonyl (C=O) groups is 1. The van der Waals surface area contributed by atoms with Crippen molar-refractivity contribution in [1.82, 2.24) is 9.78 Å². The summed E-state index contributed by atoms with van der Waals surface area (Å²) in [6, 6.07) is 8.90. The number of aliphatic hydroxyl groups is 1. The molecular weight excluding hydrogens is 316 g/mol. The molecule has 122 valence electrons. The van der Waals surface area contributed by atoms with Gasteiger partial charge in [0.2, 0.25) is 0 Å². The van der Waals surface area contributed by atoms with Crippen molar-refractivity contribution in [3.05, 3.63) is 52.3 Å². The summed E-state index contributed by atoms with van der Waals surface area (Å²) in [4.78, 5) is 11.9. The molecule has 2 aromatic rings. The number of benzene rings is 1. The monoisotopic (exact) mass is 334 g/mol. The normalized spacial score (nSPS) is 15.4. The highest BCUT2D eigenvalue weighted by molar-refractivity contribution is 6.30. The van der Waals surface area contributed by atoms with Gasteiger partial charge in [0, 0.05) is 16.6 Å². The minimum absolute atomic E-state index is 0.283. The SMILES string of the molecule is CCOC(=O)c1cc(C2CC2)n(CC(O)c2cccc(Cl)c2)n1. The number of rotatable bonds is 6. The smallest absolute Gasteiger partial charge is 0.358 e. The van der Waals surface area contributed by atoms with Gasteiger partial charge in [0.15, 0.2) is 5.69 Å². The predicted molar refractivity (Wildman–Crippen MR) is 86.6 cm³/mol. The van der Waals surface area contributed by atoms with Gasteiger partial charge in [-0.15, -0.1) is 0 Å². The molecule has 0 radical (unpaired) electrons. The van der Waals surface area contributed by atoms with Gasteiger partial charge in [-0.25, -0.2) is 4.79 Å². The van der Waals surface area contributed by atoms with Crippen LogP contribution in [0.3, 0.4) is 0 Å². The predicted octanol–water partition coefficient (Wildman–Crippen LogP) is 3.32. The summed E-state index contributed by atoms with van der Waals surface area (Å²) in [5, 5.41) is 15.3. The number of halogens is 1. The first-order valence-corrected chi connectivity index (χ1v) is 8.14. The van der Waals surface area contributed by atoms with Crippen LogP contribution in [0.15, 0.2) is 30.3 Å². The number of hydrogen-bond acceptors (Lipinski definition) is 4. The molecule has 5 nitrogen and oxygen atoms in total. The zero-order valence-electron chi connectivity index (χ0n) is 12.9. The van der Waals surface area contributed by atoms with Gasteiger partial charge in [0.25, 0.3) is 0 Å². The first-order chi connectivity index (χ1) is 11.1. The molecule has 1 aliphatic carbocycles. The Bertz CT molecular complexity index is 710.